The highest BCUT2D eigenvalue weighted by Crippen LogP contribution is 2.24. The molecule has 2 N–H and O–H groups in total. The Balaban J connectivity index is 2.58. The van der Waals surface area contributed by atoms with Gasteiger partial charge >= 0.3 is 5.97 Å². The first-order chi connectivity index (χ1) is 10.6. The van der Waals surface area contributed by atoms with E-state index in [0.717, 1.165) is 0 Å². The molecule has 0 spiro atoms. The molecule has 0 unspecified atom stereocenters. The van der Waals surface area contributed by atoms with Gasteiger partial charge in [-0.1, -0.05) is 37.8 Å². The van der Waals surface area contributed by atoms with Gasteiger partial charge < -0.3 is 19.7 Å². The molecule has 0 amide bonds. The summed E-state index contributed by atoms with van der Waals surface area (Å²) in [5, 5.41) is 18.9. The quantitative estimate of drug-likeness (QED) is 0.415. The summed E-state index contributed by atoms with van der Waals surface area (Å²) < 4.78 is 10.1. The van der Waals surface area contributed by atoms with Crippen LogP contribution in [0.5, 0.6) is 5.75 Å². The van der Waals surface area contributed by atoms with Crippen molar-refractivity contribution in [1.82, 2.24) is 0 Å². The molecule has 2 atom stereocenters. The molecule has 0 aliphatic rings. The van der Waals surface area contributed by atoms with Gasteiger partial charge in [-0.25, -0.2) is 4.79 Å². The molecule has 1 aromatic carbocycles. The van der Waals surface area contributed by atoms with E-state index in [1.54, 1.807) is 37.3 Å². The summed E-state index contributed by atoms with van der Waals surface area (Å²) in [5.41, 5.74) is 0.716. The molecule has 0 bridgehead atoms. The first-order valence-corrected chi connectivity index (χ1v) is 7.06. The molecule has 1 rings (SSSR count). The summed E-state index contributed by atoms with van der Waals surface area (Å²) in [4.78, 5) is 11.3. The molecule has 0 aliphatic heterocycles. The Kier molecular flexibility index (Phi) is 7.96. The molecule has 1 aromatic rings. The lowest BCUT2D eigenvalue weighted by atomic mass is 9.97. The van der Waals surface area contributed by atoms with Crippen molar-refractivity contribution in [3.8, 4) is 5.75 Å². The predicted molar refractivity (Wildman–Crippen MR) is 83.4 cm³/mol. The maximum absolute atomic E-state index is 11.3. The van der Waals surface area contributed by atoms with Crippen LogP contribution < -0.4 is 4.74 Å². The molecule has 5 nitrogen and oxygen atoms in total. The summed E-state index contributed by atoms with van der Waals surface area (Å²) in [5.74, 6) is -0.0895. The topological polar surface area (TPSA) is 76.0 Å². The number of rotatable bonds is 9. The van der Waals surface area contributed by atoms with Crippen molar-refractivity contribution >= 4 is 5.97 Å². The Morgan fingerprint density at radius 1 is 1.36 bits per heavy atom. The lowest BCUT2D eigenvalue weighted by Crippen LogP contribution is -2.08. The van der Waals surface area contributed by atoms with E-state index < -0.39 is 12.1 Å². The minimum absolute atomic E-state index is 0.0475. The van der Waals surface area contributed by atoms with Gasteiger partial charge in [0.05, 0.1) is 12.7 Å². The zero-order valence-electron chi connectivity index (χ0n) is 12.6. The molecule has 0 saturated heterocycles. The Morgan fingerprint density at radius 2 is 2.05 bits per heavy atom. The van der Waals surface area contributed by atoms with Crippen molar-refractivity contribution < 1.29 is 24.5 Å². The number of aliphatic hydroxyl groups is 2. The van der Waals surface area contributed by atoms with Crippen LogP contribution in [0.1, 0.15) is 18.6 Å². The van der Waals surface area contributed by atoms with Gasteiger partial charge in [0, 0.05) is 12.0 Å². The highest BCUT2D eigenvalue weighted by atomic mass is 16.5. The number of ether oxygens (including phenoxy) is 2. The molecule has 0 aliphatic carbocycles. The summed E-state index contributed by atoms with van der Waals surface area (Å²) in [6.45, 7) is 5.60. The predicted octanol–water partition coefficient (Wildman–Crippen LogP) is 2.01. The monoisotopic (exact) mass is 306 g/mol. The van der Waals surface area contributed by atoms with Crippen LogP contribution in [0.4, 0.5) is 0 Å². The number of benzene rings is 1. The second-order valence-corrected chi connectivity index (χ2v) is 4.72. The molecule has 22 heavy (non-hydrogen) atoms. The molecule has 0 heterocycles. The van der Waals surface area contributed by atoms with Gasteiger partial charge in [0.2, 0.25) is 0 Å². The number of carbonyl (C=O) groups excluding carboxylic acids is 1. The largest absolute Gasteiger partial charge is 0.491 e. The summed E-state index contributed by atoms with van der Waals surface area (Å²) in [7, 11) is 0. The van der Waals surface area contributed by atoms with Gasteiger partial charge in [-0.3, -0.25) is 0 Å². The minimum Gasteiger partial charge on any atom is -0.491 e. The highest BCUT2D eigenvalue weighted by molar-refractivity contribution is 5.82. The summed E-state index contributed by atoms with van der Waals surface area (Å²) in [6, 6.07) is 6.95. The van der Waals surface area contributed by atoms with Crippen LogP contribution in [0.25, 0.3) is 0 Å². The van der Waals surface area contributed by atoms with Crippen LogP contribution in [-0.2, 0) is 9.53 Å². The molecular formula is C17H22O5. The van der Waals surface area contributed by atoms with Crippen LogP contribution >= 0.6 is 0 Å². The van der Waals surface area contributed by atoms with E-state index in [2.05, 4.69) is 6.58 Å². The number of carbonyl (C=O) groups is 1. The van der Waals surface area contributed by atoms with E-state index in [1.165, 1.54) is 12.2 Å². The fraction of sp³-hybridized carbons (Fsp3) is 0.353. The molecule has 0 radical (unpaired) electrons. The first-order valence-electron chi connectivity index (χ1n) is 7.06. The molecule has 0 aromatic heterocycles. The second kappa shape index (κ2) is 9.76. The second-order valence-electron chi connectivity index (χ2n) is 4.72. The third-order valence-corrected chi connectivity index (χ3v) is 2.96. The van der Waals surface area contributed by atoms with E-state index in [1.807, 2.05) is 0 Å². The maximum atomic E-state index is 11.3. The average Bonchev–Trinajstić information content (AvgIpc) is 2.55. The Bertz CT molecular complexity index is 492. The van der Waals surface area contributed by atoms with E-state index >= 15 is 0 Å². The summed E-state index contributed by atoms with van der Waals surface area (Å²) >= 11 is 0. The minimum atomic E-state index is -0.740. The maximum Gasteiger partial charge on any atom is 0.330 e. The zero-order chi connectivity index (χ0) is 16.4. The molecule has 0 saturated carbocycles. The molecule has 120 valence electrons. The Labute approximate surface area is 130 Å². The van der Waals surface area contributed by atoms with Crippen LogP contribution in [0.15, 0.2) is 49.1 Å². The van der Waals surface area contributed by atoms with Gasteiger partial charge in [-0.2, -0.15) is 0 Å². The van der Waals surface area contributed by atoms with Crippen LogP contribution in [-0.4, -0.2) is 36.0 Å². The average molecular weight is 306 g/mol. The van der Waals surface area contributed by atoms with Crippen LogP contribution in [0, 0.1) is 5.92 Å². The van der Waals surface area contributed by atoms with E-state index in [4.69, 9.17) is 14.6 Å². The van der Waals surface area contributed by atoms with Crippen molar-refractivity contribution in [3.05, 3.63) is 54.6 Å². The number of aliphatic hydroxyl groups excluding tert-OH is 2. The fourth-order valence-electron chi connectivity index (χ4n) is 1.75. The van der Waals surface area contributed by atoms with Crippen LogP contribution in [0.2, 0.25) is 0 Å². The van der Waals surface area contributed by atoms with E-state index in [-0.39, 0.29) is 25.7 Å². The Morgan fingerprint density at radius 3 is 2.64 bits per heavy atom. The first kappa shape index (κ1) is 17.9. The van der Waals surface area contributed by atoms with Crippen LogP contribution in [0.3, 0.4) is 0 Å². The SMILES string of the molecule is C=CCOC(=O)/C=C/[C@@H](C)[C@@H](O)c1ccc(OCCO)cc1. The summed E-state index contributed by atoms with van der Waals surface area (Å²) in [6.07, 6.45) is 3.66. The van der Waals surface area contributed by atoms with Crippen molar-refractivity contribution in [2.45, 2.75) is 13.0 Å². The van der Waals surface area contributed by atoms with Crippen molar-refractivity contribution in [3.63, 3.8) is 0 Å². The van der Waals surface area contributed by atoms with Crippen molar-refractivity contribution in [1.29, 1.82) is 0 Å². The van der Waals surface area contributed by atoms with E-state index in [9.17, 15) is 9.90 Å². The normalized spacial score (nSPS) is 13.6. The van der Waals surface area contributed by atoms with Gasteiger partial charge in [0.25, 0.3) is 0 Å². The van der Waals surface area contributed by atoms with Gasteiger partial charge in [0.15, 0.2) is 0 Å². The fourth-order valence-corrected chi connectivity index (χ4v) is 1.75. The number of esters is 1. The third-order valence-electron chi connectivity index (χ3n) is 2.96. The van der Waals surface area contributed by atoms with Gasteiger partial charge in [-0.05, 0) is 17.7 Å². The Hall–Kier alpha value is -2.11. The smallest absolute Gasteiger partial charge is 0.330 e. The lowest BCUT2D eigenvalue weighted by molar-refractivity contribution is -0.136. The third kappa shape index (κ3) is 6.11. The number of hydrogen-bond donors (Lipinski definition) is 2. The van der Waals surface area contributed by atoms with Crippen molar-refractivity contribution in [2.75, 3.05) is 19.8 Å². The standard InChI is InChI=1S/C17H22O5/c1-3-11-22-16(19)9-4-13(2)17(20)14-5-7-15(8-6-14)21-12-10-18/h3-9,13,17-18,20H,1,10-12H2,2H3/b9-4+/t13-,17-/m1/s1. The molecule has 5 heteroatoms. The number of hydrogen-bond acceptors (Lipinski definition) is 5. The van der Waals surface area contributed by atoms with Gasteiger partial charge in [-0.15, -0.1) is 0 Å². The van der Waals surface area contributed by atoms with Gasteiger partial charge in [0.1, 0.15) is 19.0 Å². The van der Waals surface area contributed by atoms with Crippen molar-refractivity contribution in [2.24, 2.45) is 5.92 Å². The molecule has 0 fully saturated rings. The highest BCUT2D eigenvalue weighted by Gasteiger charge is 2.14. The lowest BCUT2D eigenvalue weighted by Gasteiger charge is -2.16. The zero-order valence-corrected chi connectivity index (χ0v) is 12.6. The molecular weight excluding hydrogens is 284 g/mol. The van der Waals surface area contributed by atoms with E-state index in [0.29, 0.717) is 11.3 Å².